The average Bonchev–Trinajstić information content (AvgIpc) is 3.43. The van der Waals surface area contributed by atoms with Crippen LogP contribution >= 0.6 is 11.3 Å². The second kappa shape index (κ2) is 10.5. The van der Waals surface area contributed by atoms with Crippen LogP contribution in [-0.2, 0) is 42.6 Å². The molecular formula is C17H23N11O8S2. The highest BCUT2D eigenvalue weighted by Crippen LogP contribution is 2.25. The molecule has 2 aromatic heterocycles. The standard InChI is InChI=1S/C17H23N11O8S2/c1-17(2,14(31)32)36-26-10(7-5-37-16(20)23-7)12(29)24-11-8(28(13(11)30)38(33,34)35)4-27-6-22-9(25-27)3-21-15(18)19/h5-6,8,11H,3-4H2,1-2H3,(H2,20,23)(H,24,29)(H,31,32)(H4,18,19,21)(H,33,34,35)/b26-10-/t8-,11?/m0/s1. The zero-order valence-corrected chi connectivity index (χ0v) is 21.4. The summed E-state index contributed by atoms with van der Waals surface area (Å²) < 4.78 is 34.5. The van der Waals surface area contributed by atoms with Gasteiger partial charge in [0.25, 0.3) is 11.8 Å². The van der Waals surface area contributed by atoms with E-state index < -0.39 is 51.5 Å². The van der Waals surface area contributed by atoms with Crippen molar-refractivity contribution < 1.29 is 37.3 Å². The molecule has 1 fully saturated rings. The number of carboxylic acid groups (broad SMARTS) is 1. The highest BCUT2D eigenvalue weighted by molar-refractivity contribution is 7.84. The molecule has 21 heteroatoms. The third-order valence-electron chi connectivity index (χ3n) is 4.96. The largest absolute Gasteiger partial charge is 0.478 e. The van der Waals surface area contributed by atoms with Crippen LogP contribution in [0, 0.1) is 5.41 Å². The van der Waals surface area contributed by atoms with Gasteiger partial charge in [-0.1, -0.05) is 5.16 Å². The Labute approximate surface area is 218 Å². The molecule has 2 aromatic rings. The molecule has 0 bridgehead atoms. The van der Waals surface area contributed by atoms with Gasteiger partial charge in [-0.2, -0.15) is 13.5 Å². The molecule has 3 rings (SSSR count). The molecule has 38 heavy (non-hydrogen) atoms. The lowest BCUT2D eigenvalue weighted by molar-refractivity contribution is -0.161. The van der Waals surface area contributed by atoms with Gasteiger partial charge in [-0.3, -0.25) is 24.2 Å². The fourth-order valence-electron chi connectivity index (χ4n) is 3.02. The number of nitrogens with one attached hydrogen (secondary N) is 3. The van der Waals surface area contributed by atoms with Crippen LogP contribution in [-0.4, -0.2) is 89.3 Å². The topological polar surface area (TPSA) is 294 Å². The monoisotopic (exact) mass is 573 g/mol. The number of carbonyl (C=O) groups is 3. The number of thiazole rings is 1. The summed E-state index contributed by atoms with van der Waals surface area (Å²) in [6.07, 6.45) is 1.20. The van der Waals surface area contributed by atoms with Crippen molar-refractivity contribution in [2.75, 3.05) is 5.73 Å². The Bertz CT molecular complexity index is 1400. The number of nitrogen functional groups attached to an aromatic ring is 1. The lowest BCUT2D eigenvalue weighted by atomic mass is 9.98. The predicted molar refractivity (Wildman–Crippen MR) is 129 cm³/mol. The number of nitrogens with zero attached hydrogens (tertiary/aromatic N) is 6. The quantitative estimate of drug-likeness (QED) is 0.0466. The van der Waals surface area contributed by atoms with E-state index in [-0.39, 0.29) is 40.0 Å². The number of carbonyl (C=O) groups excluding carboxylic acids is 2. The minimum absolute atomic E-state index is 0.0165. The van der Waals surface area contributed by atoms with Gasteiger partial charge in [0.05, 0.1) is 19.1 Å². The van der Waals surface area contributed by atoms with Gasteiger partial charge in [0.15, 0.2) is 22.6 Å². The zero-order chi connectivity index (χ0) is 28.4. The molecule has 1 aliphatic heterocycles. The maximum absolute atomic E-state index is 13.1. The van der Waals surface area contributed by atoms with Gasteiger partial charge >= 0.3 is 16.3 Å². The van der Waals surface area contributed by atoms with Crippen molar-refractivity contribution in [3.05, 3.63) is 23.2 Å². The van der Waals surface area contributed by atoms with Gasteiger partial charge in [0, 0.05) is 5.38 Å². The lowest BCUT2D eigenvalue weighted by Gasteiger charge is -2.43. The Morgan fingerprint density at radius 1 is 1.39 bits per heavy atom. The van der Waals surface area contributed by atoms with Gasteiger partial charge in [0.1, 0.15) is 18.1 Å². The molecule has 19 nitrogen and oxygen atoms in total. The molecule has 206 valence electrons. The lowest BCUT2D eigenvalue weighted by Crippen LogP contribution is -2.73. The first-order valence-corrected chi connectivity index (χ1v) is 12.7. The van der Waals surface area contributed by atoms with Crippen LogP contribution in [0.1, 0.15) is 25.4 Å². The van der Waals surface area contributed by atoms with Crippen LogP contribution in [0.3, 0.4) is 0 Å². The maximum atomic E-state index is 13.1. The minimum Gasteiger partial charge on any atom is -0.478 e. The third kappa shape index (κ3) is 6.30. The molecule has 3 heterocycles. The number of aliphatic carboxylic acids is 1. The number of hydrogen-bond donors (Lipinski definition) is 7. The summed E-state index contributed by atoms with van der Waals surface area (Å²) in [6, 6.07) is -2.82. The third-order valence-corrected chi connectivity index (χ3v) is 6.58. The van der Waals surface area contributed by atoms with E-state index in [1.807, 2.05) is 0 Å². The normalized spacial score (nSPS) is 18.0. The second-order valence-corrected chi connectivity index (χ2v) is 10.4. The van der Waals surface area contributed by atoms with Crippen molar-refractivity contribution in [1.29, 1.82) is 5.41 Å². The van der Waals surface area contributed by atoms with Gasteiger partial charge < -0.3 is 32.0 Å². The first-order chi connectivity index (χ1) is 17.6. The Morgan fingerprint density at radius 3 is 2.63 bits per heavy atom. The summed E-state index contributed by atoms with van der Waals surface area (Å²) in [7, 11) is -5.01. The fraction of sp³-hybridized carbons (Fsp3) is 0.412. The molecule has 0 aliphatic carbocycles. The number of nitrogens with two attached hydrogens (primary N) is 2. The van der Waals surface area contributed by atoms with E-state index in [0.29, 0.717) is 0 Å². The van der Waals surface area contributed by atoms with Crippen LogP contribution in [0.2, 0.25) is 0 Å². The molecule has 0 aromatic carbocycles. The molecule has 2 atom stereocenters. The van der Waals surface area contributed by atoms with Crippen molar-refractivity contribution in [3.8, 4) is 0 Å². The molecule has 1 aliphatic rings. The Hall–Kier alpha value is -4.37. The van der Waals surface area contributed by atoms with E-state index >= 15 is 0 Å². The number of oxime groups is 1. The molecular weight excluding hydrogens is 550 g/mol. The number of carboxylic acids is 1. The molecule has 1 saturated heterocycles. The first kappa shape index (κ1) is 28.2. The van der Waals surface area contributed by atoms with E-state index in [1.54, 1.807) is 0 Å². The molecule has 0 spiro atoms. The van der Waals surface area contributed by atoms with Gasteiger partial charge in [0.2, 0.25) is 5.60 Å². The molecule has 0 saturated carbocycles. The van der Waals surface area contributed by atoms with Crippen LogP contribution in [0.5, 0.6) is 0 Å². The number of amides is 2. The van der Waals surface area contributed by atoms with Crippen LogP contribution < -0.4 is 22.1 Å². The number of hydrogen-bond acceptors (Lipinski definition) is 13. The summed E-state index contributed by atoms with van der Waals surface area (Å²) >= 11 is 0.945. The Balaban J connectivity index is 1.85. The molecule has 9 N–H and O–H groups in total. The van der Waals surface area contributed by atoms with E-state index in [2.05, 4.69) is 30.9 Å². The number of aromatic nitrogens is 4. The average molecular weight is 574 g/mol. The highest BCUT2D eigenvalue weighted by Gasteiger charge is 2.54. The van der Waals surface area contributed by atoms with Crippen LogP contribution in [0.15, 0.2) is 16.9 Å². The summed E-state index contributed by atoms with van der Waals surface area (Å²) in [4.78, 5) is 49.9. The Kier molecular flexibility index (Phi) is 7.83. The summed E-state index contributed by atoms with van der Waals surface area (Å²) in [5.74, 6) is -3.77. The van der Waals surface area contributed by atoms with E-state index in [4.69, 9.17) is 21.7 Å². The van der Waals surface area contributed by atoms with Crippen molar-refractivity contribution in [1.82, 2.24) is 34.7 Å². The smallest absolute Gasteiger partial charge is 0.362 e. The number of anilines is 1. The summed E-state index contributed by atoms with van der Waals surface area (Å²) in [5.41, 5.74) is 8.34. The summed E-state index contributed by atoms with van der Waals surface area (Å²) in [6.45, 7) is 2.01. The molecule has 1 unspecified atom stereocenters. The van der Waals surface area contributed by atoms with Gasteiger partial charge in [-0.25, -0.2) is 19.1 Å². The molecule has 0 radical (unpaired) electrons. The SMILES string of the molecule is CC(C)(O/N=C(\C(=O)NC1C(=O)N(S(=O)(=O)O)[C@H]1Cn1cnc(CNC(=N)N)n1)c1csc(N)n1)C(=O)O. The minimum atomic E-state index is -5.01. The van der Waals surface area contributed by atoms with Gasteiger partial charge in [-0.05, 0) is 13.8 Å². The predicted octanol–water partition coefficient (Wildman–Crippen LogP) is -2.92. The van der Waals surface area contributed by atoms with Crippen molar-refractivity contribution in [2.45, 2.75) is 44.6 Å². The van der Waals surface area contributed by atoms with Crippen molar-refractivity contribution in [3.63, 3.8) is 0 Å². The van der Waals surface area contributed by atoms with E-state index in [1.165, 1.54) is 25.6 Å². The van der Waals surface area contributed by atoms with Gasteiger partial charge in [-0.15, -0.1) is 11.3 Å². The van der Waals surface area contributed by atoms with Crippen molar-refractivity contribution >= 4 is 56.2 Å². The first-order valence-electron chi connectivity index (χ1n) is 10.4. The maximum Gasteiger partial charge on any atom is 0.362 e. The van der Waals surface area contributed by atoms with E-state index in [9.17, 15) is 32.5 Å². The van der Waals surface area contributed by atoms with Crippen LogP contribution in [0.4, 0.5) is 5.13 Å². The number of guanidine groups is 1. The van der Waals surface area contributed by atoms with E-state index in [0.717, 1.165) is 16.0 Å². The number of rotatable bonds is 11. The van der Waals surface area contributed by atoms with Crippen LogP contribution in [0.25, 0.3) is 0 Å². The highest BCUT2D eigenvalue weighted by atomic mass is 32.2. The van der Waals surface area contributed by atoms with Crippen molar-refractivity contribution in [2.24, 2.45) is 10.9 Å². The second-order valence-electron chi connectivity index (χ2n) is 8.20. The molecule has 2 amide bonds. The number of β-lactam (4-membered cyclic amide) rings is 1. The fourth-order valence-corrected chi connectivity index (χ4v) is 4.44. The Morgan fingerprint density at radius 2 is 2.08 bits per heavy atom. The zero-order valence-electron chi connectivity index (χ0n) is 19.7. The summed E-state index contributed by atoms with van der Waals surface area (Å²) in [5, 5.41) is 30.2.